The number of fused-ring (bicyclic) bond motifs is 1. The van der Waals surface area contributed by atoms with Crippen molar-refractivity contribution in [1.29, 1.82) is 0 Å². The second-order valence-electron chi connectivity index (χ2n) is 5.57. The van der Waals surface area contributed by atoms with Gasteiger partial charge in [-0.3, -0.25) is 4.79 Å². The number of hydrogen-bond donors (Lipinski definition) is 1. The van der Waals surface area contributed by atoms with Gasteiger partial charge in [0.25, 0.3) is 0 Å². The molecule has 0 fully saturated rings. The number of aliphatic imine (C=N–C) groups is 1. The molecule has 0 aromatic heterocycles. The number of carbonyl (C=O) groups is 1. The van der Waals surface area contributed by atoms with E-state index >= 15 is 0 Å². The molecule has 2 aromatic carbocycles. The van der Waals surface area contributed by atoms with E-state index in [9.17, 15) is 4.79 Å². The zero-order chi connectivity index (χ0) is 16.4. The molecule has 2 aromatic rings. The van der Waals surface area contributed by atoms with E-state index in [2.05, 4.69) is 10.3 Å². The molecular weight excluding hydrogens is 328 g/mol. The molecule has 1 unspecified atom stereocenters. The largest absolute Gasteiger partial charge is 0.325 e. The third-order valence-electron chi connectivity index (χ3n) is 3.63. The maximum atomic E-state index is 12.3. The van der Waals surface area contributed by atoms with Crippen molar-refractivity contribution in [3.63, 3.8) is 0 Å². The fraction of sp³-hybridized carbons (Fsp3) is 0.222. The molecule has 0 radical (unpaired) electrons. The van der Waals surface area contributed by atoms with Crippen LogP contribution in [0.5, 0.6) is 0 Å². The molecule has 1 atom stereocenters. The number of thioether (sulfide) groups is 1. The van der Waals surface area contributed by atoms with Crippen LogP contribution in [0.25, 0.3) is 0 Å². The zero-order valence-corrected chi connectivity index (χ0v) is 14.5. The lowest BCUT2D eigenvalue weighted by Gasteiger charge is -2.12. The molecule has 0 saturated carbocycles. The Morgan fingerprint density at radius 1 is 1.26 bits per heavy atom. The molecule has 1 aliphatic rings. The molecule has 0 saturated heterocycles. The van der Waals surface area contributed by atoms with Crippen LogP contribution in [-0.2, 0) is 11.2 Å². The minimum Gasteiger partial charge on any atom is -0.325 e. The number of benzene rings is 2. The van der Waals surface area contributed by atoms with Crippen molar-refractivity contribution in [2.24, 2.45) is 4.99 Å². The summed E-state index contributed by atoms with van der Waals surface area (Å²) < 4.78 is 0. The van der Waals surface area contributed by atoms with Crippen LogP contribution in [0.1, 0.15) is 18.1 Å². The fourth-order valence-corrected chi connectivity index (χ4v) is 3.51. The number of nitrogens with zero attached hydrogens (tertiary/aromatic N) is 1. The van der Waals surface area contributed by atoms with E-state index < -0.39 is 0 Å². The Morgan fingerprint density at radius 2 is 2.00 bits per heavy atom. The molecule has 1 amide bonds. The number of amides is 1. The minimum absolute atomic E-state index is 0.0180. The standard InChI is InChI=1S/C18H17ClN2OS/c1-11-3-6-15(7-4-11)20-18(22)12(2)23-17-10-13-9-14(19)5-8-16(13)21-17/h3-9,12H,10H2,1-2H3,(H,20,22). The maximum absolute atomic E-state index is 12.3. The number of carbonyl (C=O) groups excluding carboxylic acids is 1. The second-order valence-corrected chi connectivity index (χ2v) is 7.42. The van der Waals surface area contributed by atoms with Gasteiger partial charge in [-0.15, -0.1) is 0 Å². The number of anilines is 1. The molecule has 1 aliphatic heterocycles. The van der Waals surface area contributed by atoms with Gasteiger partial charge in [-0.2, -0.15) is 0 Å². The Kier molecular flexibility index (Phi) is 4.74. The van der Waals surface area contributed by atoms with Crippen molar-refractivity contribution in [3.05, 3.63) is 58.6 Å². The van der Waals surface area contributed by atoms with Crippen molar-refractivity contribution < 1.29 is 4.79 Å². The van der Waals surface area contributed by atoms with Gasteiger partial charge in [-0.1, -0.05) is 41.1 Å². The SMILES string of the molecule is Cc1ccc(NC(=O)C(C)SC2=Nc3ccc(Cl)cc3C2)cc1. The highest BCUT2D eigenvalue weighted by Crippen LogP contribution is 2.33. The highest BCUT2D eigenvalue weighted by Gasteiger charge is 2.21. The molecule has 0 aliphatic carbocycles. The van der Waals surface area contributed by atoms with Gasteiger partial charge in [-0.05, 0) is 49.7 Å². The lowest BCUT2D eigenvalue weighted by molar-refractivity contribution is -0.115. The van der Waals surface area contributed by atoms with Gasteiger partial charge in [0.1, 0.15) is 0 Å². The number of hydrogen-bond acceptors (Lipinski definition) is 3. The predicted molar refractivity (Wildman–Crippen MR) is 99.1 cm³/mol. The summed E-state index contributed by atoms with van der Waals surface area (Å²) in [4.78, 5) is 16.9. The van der Waals surface area contributed by atoms with Crippen LogP contribution in [0.2, 0.25) is 5.02 Å². The molecular formula is C18H17ClN2OS. The Labute approximate surface area is 145 Å². The molecule has 23 heavy (non-hydrogen) atoms. The Morgan fingerprint density at radius 3 is 2.74 bits per heavy atom. The van der Waals surface area contributed by atoms with Gasteiger partial charge in [-0.25, -0.2) is 4.99 Å². The van der Waals surface area contributed by atoms with E-state index in [0.717, 1.165) is 33.4 Å². The van der Waals surface area contributed by atoms with Gasteiger partial charge >= 0.3 is 0 Å². The quantitative estimate of drug-likeness (QED) is 0.851. The summed E-state index contributed by atoms with van der Waals surface area (Å²) >= 11 is 7.50. The van der Waals surface area contributed by atoms with Crippen LogP contribution in [0.15, 0.2) is 47.5 Å². The van der Waals surface area contributed by atoms with E-state index in [0.29, 0.717) is 0 Å². The third-order valence-corrected chi connectivity index (χ3v) is 4.94. The highest BCUT2D eigenvalue weighted by atomic mass is 35.5. The van der Waals surface area contributed by atoms with Crippen molar-refractivity contribution in [1.82, 2.24) is 0 Å². The minimum atomic E-state index is -0.208. The summed E-state index contributed by atoms with van der Waals surface area (Å²) in [5.74, 6) is -0.0180. The summed E-state index contributed by atoms with van der Waals surface area (Å²) in [5.41, 5.74) is 4.05. The van der Waals surface area contributed by atoms with Crippen molar-refractivity contribution in [2.75, 3.05) is 5.32 Å². The van der Waals surface area contributed by atoms with Crippen LogP contribution in [0, 0.1) is 6.92 Å². The van der Waals surface area contributed by atoms with E-state index in [4.69, 9.17) is 11.6 Å². The van der Waals surface area contributed by atoms with E-state index in [-0.39, 0.29) is 11.2 Å². The van der Waals surface area contributed by atoms with Gasteiger partial charge in [0, 0.05) is 17.1 Å². The molecule has 1 N–H and O–H groups in total. The molecule has 118 valence electrons. The fourth-order valence-electron chi connectivity index (χ4n) is 2.35. The van der Waals surface area contributed by atoms with Crippen molar-refractivity contribution in [2.45, 2.75) is 25.5 Å². The van der Waals surface area contributed by atoms with Gasteiger partial charge in [0.05, 0.1) is 16.0 Å². The van der Waals surface area contributed by atoms with E-state index in [1.165, 1.54) is 17.3 Å². The number of halogens is 1. The predicted octanol–water partition coefficient (Wildman–Crippen LogP) is 4.99. The molecule has 0 spiro atoms. The Bertz CT molecular complexity index is 771. The monoisotopic (exact) mass is 344 g/mol. The van der Waals surface area contributed by atoms with Crippen LogP contribution in [-0.4, -0.2) is 16.2 Å². The van der Waals surface area contributed by atoms with Gasteiger partial charge in [0.2, 0.25) is 5.91 Å². The average molecular weight is 345 g/mol. The first kappa shape index (κ1) is 16.1. The summed E-state index contributed by atoms with van der Waals surface area (Å²) in [6.07, 6.45) is 0.739. The smallest absolute Gasteiger partial charge is 0.237 e. The maximum Gasteiger partial charge on any atom is 0.237 e. The lowest BCUT2D eigenvalue weighted by Crippen LogP contribution is -2.23. The van der Waals surface area contributed by atoms with Crippen molar-refractivity contribution >= 4 is 45.7 Å². The molecule has 1 heterocycles. The number of rotatable bonds is 3. The Hall–Kier alpha value is -1.78. The van der Waals surface area contributed by atoms with Crippen molar-refractivity contribution in [3.8, 4) is 0 Å². The topological polar surface area (TPSA) is 41.5 Å². The summed E-state index contributed by atoms with van der Waals surface area (Å²) in [7, 11) is 0. The zero-order valence-electron chi connectivity index (χ0n) is 13.0. The Balaban J connectivity index is 1.60. The van der Waals surface area contributed by atoms with Crippen LogP contribution in [0.4, 0.5) is 11.4 Å². The summed E-state index contributed by atoms with van der Waals surface area (Å²) in [6, 6.07) is 13.5. The average Bonchev–Trinajstić information content (AvgIpc) is 2.90. The van der Waals surface area contributed by atoms with E-state index in [1.54, 1.807) is 0 Å². The van der Waals surface area contributed by atoms with Gasteiger partial charge in [0.15, 0.2) is 0 Å². The first-order chi connectivity index (χ1) is 11.0. The van der Waals surface area contributed by atoms with Crippen LogP contribution < -0.4 is 5.32 Å². The second kappa shape index (κ2) is 6.77. The normalized spacial score (nSPS) is 14.1. The number of nitrogens with one attached hydrogen (secondary N) is 1. The van der Waals surface area contributed by atoms with Crippen LogP contribution in [0.3, 0.4) is 0 Å². The van der Waals surface area contributed by atoms with E-state index in [1.807, 2.05) is 56.3 Å². The summed E-state index contributed by atoms with van der Waals surface area (Å²) in [5, 5.41) is 4.40. The lowest BCUT2D eigenvalue weighted by atomic mass is 10.2. The first-order valence-electron chi connectivity index (χ1n) is 7.41. The molecule has 5 heteroatoms. The first-order valence-corrected chi connectivity index (χ1v) is 8.67. The summed E-state index contributed by atoms with van der Waals surface area (Å²) in [6.45, 7) is 3.92. The molecule has 3 rings (SSSR count). The molecule has 3 nitrogen and oxygen atoms in total. The highest BCUT2D eigenvalue weighted by molar-refractivity contribution is 8.15. The van der Waals surface area contributed by atoms with Gasteiger partial charge < -0.3 is 5.32 Å². The van der Waals surface area contributed by atoms with Crippen LogP contribution >= 0.6 is 23.4 Å². The third kappa shape index (κ3) is 3.95. The number of aryl methyl sites for hydroxylation is 1. The molecule has 0 bridgehead atoms.